The molecule has 0 fully saturated rings. The van der Waals surface area contributed by atoms with E-state index in [0.717, 1.165) is 11.4 Å². The van der Waals surface area contributed by atoms with E-state index in [1.54, 1.807) is 19.5 Å². The highest BCUT2D eigenvalue weighted by atomic mass is 16.5. The van der Waals surface area contributed by atoms with E-state index in [2.05, 4.69) is 20.7 Å². The van der Waals surface area contributed by atoms with Crippen molar-refractivity contribution in [2.45, 2.75) is 0 Å². The molecule has 2 rings (SSSR count). The largest absolute Gasteiger partial charge is 0.497 e. The summed E-state index contributed by atoms with van der Waals surface area (Å²) in [7, 11) is 1.63. The van der Waals surface area contributed by atoms with Gasteiger partial charge in [0.1, 0.15) is 5.75 Å². The van der Waals surface area contributed by atoms with Gasteiger partial charge in [0.05, 0.1) is 19.5 Å². The van der Waals surface area contributed by atoms with E-state index in [1.807, 2.05) is 24.3 Å². The number of anilines is 3. The summed E-state index contributed by atoms with van der Waals surface area (Å²) in [4.78, 5) is 8.18. The minimum atomic E-state index is 0.503. The molecule has 0 saturated carbocycles. The molecule has 0 aliphatic carbocycles. The maximum atomic E-state index is 5.25. The van der Waals surface area contributed by atoms with Crippen LogP contribution in [-0.2, 0) is 0 Å². The van der Waals surface area contributed by atoms with E-state index >= 15 is 0 Å². The third kappa shape index (κ3) is 2.82. The zero-order chi connectivity index (χ0) is 12.1. The first-order valence-corrected chi connectivity index (χ1v) is 5.01. The van der Waals surface area contributed by atoms with Gasteiger partial charge in [-0.05, 0) is 24.3 Å². The molecule has 2 aromatic rings. The number of ether oxygens (including phenoxy) is 1. The Bertz CT molecular complexity index is 485. The molecule has 0 radical (unpaired) electrons. The van der Waals surface area contributed by atoms with Crippen LogP contribution in [0.25, 0.3) is 0 Å². The summed E-state index contributed by atoms with van der Waals surface area (Å²) in [5.74, 6) is 7.18. The Labute approximate surface area is 98.8 Å². The molecule has 4 N–H and O–H groups in total. The van der Waals surface area contributed by atoms with Crippen LogP contribution in [-0.4, -0.2) is 17.1 Å². The maximum absolute atomic E-state index is 5.25. The predicted octanol–water partition coefficient (Wildman–Crippen LogP) is 1.51. The smallest absolute Gasteiger partial charge is 0.160 e. The minimum absolute atomic E-state index is 0.503. The molecular formula is C11H13N5O. The number of nitrogens with zero attached hydrogens (tertiary/aromatic N) is 2. The predicted molar refractivity (Wildman–Crippen MR) is 66.1 cm³/mol. The Morgan fingerprint density at radius 2 is 1.82 bits per heavy atom. The summed E-state index contributed by atoms with van der Waals surface area (Å²) in [5.41, 5.74) is 3.34. The van der Waals surface area contributed by atoms with Crippen LogP contribution in [0.3, 0.4) is 0 Å². The van der Waals surface area contributed by atoms with Crippen molar-refractivity contribution in [1.29, 1.82) is 0 Å². The van der Waals surface area contributed by atoms with Gasteiger partial charge in [-0.15, -0.1) is 0 Å². The number of methoxy groups -OCH3 is 1. The first-order valence-electron chi connectivity index (χ1n) is 5.01. The number of rotatable bonds is 4. The topological polar surface area (TPSA) is 85.1 Å². The van der Waals surface area contributed by atoms with Gasteiger partial charge in [-0.25, -0.2) is 10.8 Å². The van der Waals surface area contributed by atoms with Crippen molar-refractivity contribution < 1.29 is 4.74 Å². The molecule has 0 amide bonds. The minimum Gasteiger partial charge on any atom is -0.497 e. The lowest BCUT2D eigenvalue weighted by Gasteiger charge is -2.07. The zero-order valence-electron chi connectivity index (χ0n) is 9.34. The van der Waals surface area contributed by atoms with Gasteiger partial charge >= 0.3 is 0 Å². The Hall–Kier alpha value is -2.34. The van der Waals surface area contributed by atoms with Crippen molar-refractivity contribution in [1.82, 2.24) is 9.97 Å². The van der Waals surface area contributed by atoms with E-state index in [1.165, 1.54) is 0 Å². The lowest BCUT2D eigenvalue weighted by molar-refractivity contribution is 0.415. The lowest BCUT2D eigenvalue weighted by atomic mass is 10.3. The van der Waals surface area contributed by atoms with Crippen LogP contribution in [0.2, 0.25) is 0 Å². The van der Waals surface area contributed by atoms with Gasteiger partial charge < -0.3 is 15.5 Å². The molecule has 0 saturated heterocycles. The summed E-state index contributed by atoms with van der Waals surface area (Å²) in [6.45, 7) is 0. The molecule has 0 aliphatic rings. The van der Waals surface area contributed by atoms with Gasteiger partial charge in [0.25, 0.3) is 0 Å². The number of nitrogens with one attached hydrogen (secondary N) is 2. The Morgan fingerprint density at radius 3 is 2.47 bits per heavy atom. The number of hydrazine groups is 1. The molecule has 17 heavy (non-hydrogen) atoms. The van der Waals surface area contributed by atoms with Crippen LogP contribution in [0.1, 0.15) is 0 Å². The molecule has 1 aromatic heterocycles. The zero-order valence-corrected chi connectivity index (χ0v) is 9.34. The summed E-state index contributed by atoms with van der Waals surface area (Å²) in [6, 6.07) is 7.51. The highest BCUT2D eigenvalue weighted by Gasteiger charge is 1.98. The number of hydrogen-bond acceptors (Lipinski definition) is 6. The standard InChI is InChI=1S/C11H13N5O/c1-17-9-4-2-8(3-5-9)14-10-6-13-7-11(15-10)16-12/h2-7H,12H2,1H3,(H2,14,15,16). The van der Waals surface area contributed by atoms with E-state index < -0.39 is 0 Å². The molecule has 0 spiro atoms. The van der Waals surface area contributed by atoms with Gasteiger partial charge in [-0.1, -0.05) is 0 Å². The molecule has 0 atom stereocenters. The average molecular weight is 231 g/mol. The molecule has 6 heteroatoms. The molecule has 0 unspecified atom stereocenters. The second-order valence-electron chi connectivity index (χ2n) is 3.29. The SMILES string of the molecule is COc1ccc(Nc2cncc(NN)n2)cc1. The lowest BCUT2D eigenvalue weighted by Crippen LogP contribution is -2.09. The Kier molecular flexibility index (Phi) is 3.37. The van der Waals surface area contributed by atoms with Crippen molar-refractivity contribution in [3.63, 3.8) is 0 Å². The monoisotopic (exact) mass is 231 g/mol. The summed E-state index contributed by atoms with van der Waals surface area (Å²) >= 11 is 0. The average Bonchev–Trinajstić information content (AvgIpc) is 2.40. The van der Waals surface area contributed by atoms with Crippen LogP contribution >= 0.6 is 0 Å². The van der Waals surface area contributed by atoms with Gasteiger partial charge in [-0.3, -0.25) is 4.98 Å². The third-order valence-corrected chi connectivity index (χ3v) is 2.14. The van der Waals surface area contributed by atoms with Crippen LogP contribution in [0.5, 0.6) is 5.75 Å². The van der Waals surface area contributed by atoms with Gasteiger partial charge in [0.15, 0.2) is 11.6 Å². The van der Waals surface area contributed by atoms with E-state index in [4.69, 9.17) is 10.6 Å². The molecule has 1 aromatic carbocycles. The molecule has 6 nitrogen and oxygen atoms in total. The maximum Gasteiger partial charge on any atom is 0.160 e. The van der Waals surface area contributed by atoms with Gasteiger partial charge in [0, 0.05) is 5.69 Å². The quantitative estimate of drug-likeness (QED) is 0.546. The van der Waals surface area contributed by atoms with E-state index in [0.29, 0.717) is 11.6 Å². The van der Waals surface area contributed by atoms with Crippen molar-refractivity contribution in [3.05, 3.63) is 36.7 Å². The second kappa shape index (κ2) is 5.13. The van der Waals surface area contributed by atoms with E-state index in [9.17, 15) is 0 Å². The molecule has 0 aliphatic heterocycles. The fourth-order valence-electron chi connectivity index (χ4n) is 1.32. The first kappa shape index (κ1) is 11.2. The van der Waals surface area contributed by atoms with Crippen LogP contribution < -0.4 is 21.3 Å². The van der Waals surface area contributed by atoms with Crippen molar-refractivity contribution in [2.24, 2.45) is 5.84 Å². The number of hydrogen-bond donors (Lipinski definition) is 3. The summed E-state index contributed by atoms with van der Waals surface area (Å²) < 4.78 is 5.07. The second-order valence-corrected chi connectivity index (χ2v) is 3.29. The highest BCUT2D eigenvalue weighted by molar-refractivity contribution is 5.57. The molecular weight excluding hydrogens is 218 g/mol. The van der Waals surface area contributed by atoms with Crippen LogP contribution in [0.15, 0.2) is 36.7 Å². The fraction of sp³-hybridized carbons (Fsp3) is 0.0909. The van der Waals surface area contributed by atoms with Crippen molar-refractivity contribution in [3.8, 4) is 5.75 Å². The first-order chi connectivity index (χ1) is 8.31. The Balaban J connectivity index is 2.13. The Morgan fingerprint density at radius 1 is 1.12 bits per heavy atom. The number of benzene rings is 1. The molecule has 88 valence electrons. The van der Waals surface area contributed by atoms with Gasteiger partial charge in [0.2, 0.25) is 0 Å². The van der Waals surface area contributed by atoms with Crippen LogP contribution in [0, 0.1) is 0 Å². The molecule has 1 heterocycles. The summed E-state index contributed by atoms with van der Waals surface area (Å²) in [5, 5.41) is 3.11. The summed E-state index contributed by atoms with van der Waals surface area (Å²) in [6.07, 6.45) is 3.16. The normalized spacial score (nSPS) is 9.76. The van der Waals surface area contributed by atoms with Crippen molar-refractivity contribution >= 4 is 17.3 Å². The van der Waals surface area contributed by atoms with E-state index in [-0.39, 0.29) is 0 Å². The number of nitrogen functional groups attached to an aromatic ring is 1. The fourth-order valence-corrected chi connectivity index (χ4v) is 1.32. The highest BCUT2D eigenvalue weighted by Crippen LogP contribution is 2.18. The number of aromatic nitrogens is 2. The van der Waals surface area contributed by atoms with Gasteiger partial charge in [-0.2, -0.15) is 0 Å². The van der Waals surface area contributed by atoms with Crippen molar-refractivity contribution in [2.75, 3.05) is 17.9 Å². The molecule has 0 bridgehead atoms. The number of nitrogens with two attached hydrogens (primary N) is 1. The third-order valence-electron chi connectivity index (χ3n) is 2.14. The van der Waals surface area contributed by atoms with Crippen LogP contribution in [0.4, 0.5) is 17.3 Å².